The van der Waals surface area contributed by atoms with Gasteiger partial charge in [0.25, 0.3) is 0 Å². The van der Waals surface area contributed by atoms with Gasteiger partial charge in [-0.25, -0.2) is 0 Å². The topological polar surface area (TPSA) is 27.7 Å². The van der Waals surface area contributed by atoms with Crippen LogP contribution in [-0.4, -0.2) is 42.2 Å². The Bertz CT molecular complexity index is 206. The third-order valence-electron chi connectivity index (χ3n) is 2.09. The van der Waals surface area contributed by atoms with Gasteiger partial charge in [-0.3, -0.25) is 0 Å². The van der Waals surface area contributed by atoms with Crippen LogP contribution in [0.5, 0.6) is 0 Å². The van der Waals surface area contributed by atoms with Crippen molar-refractivity contribution in [3.05, 3.63) is 0 Å². The Kier molecular flexibility index (Phi) is 5.30. The molecule has 0 saturated carbocycles. The summed E-state index contributed by atoms with van der Waals surface area (Å²) in [6.07, 6.45) is -6.99. The van der Waals surface area contributed by atoms with E-state index in [1.807, 2.05) is 0 Å². The quantitative estimate of drug-likeness (QED) is 0.547. The zero-order valence-electron chi connectivity index (χ0n) is 9.03. The molecule has 0 aromatic carbocycles. The van der Waals surface area contributed by atoms with Crippen LogP contribution < -0.4 is 0 Å². The van der Waals surface area contributed by atoms with Crippen LogP contribution in [0.3, 0.4) is 0 Å². The number of halogens is 5. The van der Waals surface area contributed by atoms with Gasteiger partial charge >= 0.3 is 20.9 Å². The van der Waals surface area contributed by atoms with E-state index in [1.165, 1.54) is 0 Å². The molecule has 0 rings (SSSR count). The highest BCUT2D eigenvalue weighted by molar-refractivity contribution is 6.60. The van der Waals surface area contributed by atoms with Gasteiger partial charge < -0.3 is 13.3 Å². The molecule has 0 amide bonds. The zero-order chi connectivity index (χ0) is 13.0. The molecule has 9 heteroatoms. The van der Waals surface area contributed by atoms with E-state index in [0.717, 1.165) is 21.3 Å². The van der Waals surface area contributed by atoms with Gasteiger partial charge in [-0.15, -0.1) is 0 Å². The van der Waals surface area contributed by atoms with Crippen molar-refractivity contribution in [3.8, 4) is 0 Å². The lowest BCUT2D eigenvalue weighted by atomic mass is 10.2. The van der Waals surface area contributed by atoms with E-state index >= 15 is 0 Å². The number of alkyl halides is 5. The first-order valence-corrected chi connectivity index (χ1v) is 6.17. The lowest BCUT2D eigenvalue weighted by Crippen LogP contribution is -2.46. The first-order valence-electron chi connectivity index (χ1n) is 4.24. The number of rotatable bonds is 6. The monoisotopic (exact) mass is 268 g/mol. The molecule has 0 aliphatic carbocycles. The minimum Gasteiger partial charge on any atom is -0.377 e. The minimum absolute atomic E-state index is 0.608. The van der Waals surface area contributed by atoms with E-state index in [0.29, 0.717) is 0 Å². The fraction of sp³-hybridized carbons (Fsp3) is 1.00. The predicted octanol–water partition coefficient (Wildman–Crippen LogP) is 2.45. The molecule has 0 saturated heterocycles. The molecule has 0 aromatic heterocycles. The zero-order valence-corrected chi connectivity index (χ0v) is 10.0. The van der Waals surface area contributed by atoms with Crippen molar-refractivity contribution >= 4 is 8.80 Å². The molecule has 0 aromatic rings. The highest BCUT2D eigenvalue weighted by atomic mass is 28.4. The first kappa shape index (κ1) is 15.7. The Balaban J connectivity index is 4.54. The van der Waals surface area contributed by atoms with Crippen LogP contribution in [0.1, 0.15) is 6.42 Å². The van der Waals surface area contributed by atoms with Gasteiger partial charge in [0.05, 0.1) is 0 Å². The Labute approximate surface area is 90.8 Å². The molecule has 16 heavy (non-hydrogen) atoms. The van der Waals surface area contributed by atoms with Crippen LogP contribution in [0.2, 0.25) is 6.04 Å². The highest BCUT2D eigenvalue weighted by Crippen LogP contribution is 2.40. The van der Waals surface area contributed by atoms with Crippen molar-refractivity contribution < 1.29 is 35.2 Å². The second-order valence-electron chi connectivity index (χ2n) is 3.00. The lowest BCUT2D eigenvalue weighted by Gasteiger charge is -2.27. The van der Waals surface area contributed by atoms with E-state index in [4.69, 9.17) is 13.3 Å². The van der Waals surface area contributed by atoms with Crippen molar-refractivity contribution in [2.75, 3.05) is 21.3 Å². The van der Waals surface area contributed by atoms with Crippen molar-refractivity contribution in [2.45, 2.75) is 24.6 Å². The molecule has 0 fully saturated rings. The fourth-order valence-electron chi connectivity index (χ4n) is 1.01. The molecular formula is C7H13F5O3Si. The maximum atomic E-state index is 12.6. The second kappa shape index (κ2) is 5.39. The van der Waals surface area contributed by atoms with Gasteiger partial charge in [0.1, 0.15) is 0 Å². The van der Waals surface area contributed by atoms with Crippen molar-refractivity contribution in [2.24, 2.45) is 0 Å². The van der Waals surface area contributed by atoms with E-state index in [2.05, 4.69) is 0 Å². The van der Waals surface area contributed by atoms with Crippen LogP contribution >= 0.6 is 0 Å². The van der Waals surface area contributed by atoms with Gasteiger partial charge in [0.15, 0.2) is 0 Å². The third kappa shape index (κ3) is 3.65. The molecule has 0 unspecified atom stereocenters. The van der Waals surface area contributed by atoms with E-state index in [-0.39, 0.29) is 0 Å². The SMILES string of the molecule is CO[Si](CCC(F)(F)C(F)(F)F)(OC)OC. The Morgan fingerprint density at radius 3 is 1.50 bits per heavy atom. The van der Waals surface area contributed by atoms with Gasteiger partial charge in [-0.2, -0.15) is 22.0 Å². The summed E-state index contributed by atoms with van der Waals surface area (Å²) in [6, 6.07) is -0.608. The summed E-state index contributed by atoms with van der Waals surface area (Å²) >= 11 is 0. The molecule has 0 aliphatic rings. The average Bonchev–Trinajstić information content (AvgIpc) is 2.19. The summed E-state index contributed by atoms with van der Waals surface area (Å²) in [5.74, 6) is -4.76. The summed E-state index contributed by atoms with van der Waals surface area (Å²) in [5, 5.41) is 0. The molecule has 98 valence electrons. The van der Waals surface area contributed by atoms with Crippen LogP contribution in [0.25, 0.3) is 0 Å². The maximum Gasteiger partial charge on any atom is 0.500 e. The van der Waals surface area contributed by atoms with Crippen LogP contribution in [-0.2, 0) is 13.3 Å². The van der Waals surface area contributed by atoms with Gasteiger partial charge in [0, 0.05) is 33.8 Å². The summed E-state index contributed by atoms with van der Waals surface area (Å²) in [7, 11) is 0.0454. The third-order valence-corrected chi connectivity index (χ3v) is 4.82. The van der Waals surface area contributed by atoms with Crippen molar-refractivity contribution in [1.82, 2.24) is 0 Å². The average molecular weight is 268 g/mol. The predicted molar refractivity (Wildman–Crippen MR) is 47.2 cm³/mol. The summed E-state index contributed by atoms with van der Waals surface area (Å²) in [6.45, 7) is 0. The molecule has 0 spiro atoms. The second-order valence-corrected chi connectivity index (χ2v) is 6.09. The fourth-order valence-corrected chi connectivity index (χ4v) is 2.74. The Hall–Kier alpha value is -0.253. The Morgan fingerprint density at radius 1 is 0.875 bits per heavy atom. The normalized spacial score (nSPS) is 14.2. The summed E-state index contributed by atoms with van der Waals surface area (Å²) in [5.41, 5.74) is 0. The molecule has 0 heterocycles. The minimum atomic E-state index is -5.57. The maximum absolute atomic E-state index is 12.6. The smallest absolute Gasteiger partial charge is 0.377 e. The highest BCUT2D eigenvalue weighted by Gasteiger charge is 2.58. The van der Waals surface area contributed by atoms with Gasteiger partial charge in [0.2, 0.25) is 0 Å². The molecule has 0 aliphatic heterocycles. The van der Waals surface area contributed by atoms with Crippen LogP contribution in [0.15, 0.2) is 0 Å². The van der Waals surface area contributed by atoms with Gasteiger partial charge in [-0.05, 0) is 0 Å². The largest absolute Gasteiger partial charge is 0.500 e. The van der Waals surface area contributed by atoms with Crippen LogP contribution in [0, 0.1) is 0 Å². The summed E-state index contributed by atoms with van der Waals surface area (Å²) < 4.78 is 75.0. The standard InChI is InChI=1S/C7H13F5O3Si/c1-13-16(14-2,15-3)5-4-6(8,9)7(10,11)12/h4-5H2,1-3H3. The summed E-state index contributed by atoms with van der Waals surface area (Å²) in [4.78, 5) is 0. The molecular weight excluding hydrogens is 255 g/mol. The van der Waals surface area contributed by atoms with E-state index in [9.17, 15) is 22.0 Å². The Morgan fingerprint density at radius 2 is 1.25 bits per heavy atom. The molecule has 0 radical (unpaired) electrons. The van der Waals surface area contributed by atoms with Crippen LogP contribution in [0.4, 0.5) is 22.0 Å². The lowest BCUT2D eigenvalue weighted by molar-refractivity contribution is -0.283. The molecule has 0 atom stereocenters. The first-order chi connectivity index (χ1) is 7.14. The van der Waals surface area contributed by atoms with Gasteiger partial charge in [-0.1, -0.05) is 0 Å². The van der Waals surface area contributed by atoms with E-state index in [1.54, 1.807) is 0 Å². The van der Waals surface area contributed by atoms with Crippen molar-refractivity contribution in [1.29, 1.82) is 0 Å². The molecule has 3 nitrogen and oxygen atoms in total. The number of hydrogen-bond donors (Lipinski definition) is 0. The number of hydrogen-bond acceptors (Lipinski definition) is 3. The molecule has 0 bridgehead atoms. The van der Waals surface area contributed by atoms with E-state index < -0.39 is 33.4 Å². The molecule has 0 N–H and O–H groups in total. The van der Waals surface area contributed by atoms with Crippen molar-refractivity contribution in [3.63, 3.8) is 0 Å².